The molecule has 0 saturated carbocycles. The summed E-state index contributed by atoms with van der Waals surface area (Å²) in [5.41, 5.74) is 3.23. The van der Waals surface area contributed by atoms with Gasteiger partial charge in [-0.05, 0) is 43.4 Å². The Hall–Kier alpha value is -1.84. The molecule has 6 nitrogen and oxygen atoms in total. The summed E-state index contributed by atoms with van der Waals surface area (Å²) in [5.74, 6) is 0.877. The second-order valence-electron chi connectivity index (χ2n) is 7.40. The third kappa shape index (κ3) is 6.33. The summed E-state index contributed by atoms with van der Waals surface area (Å²) in [5, 5.41) is 10.4. The molecule has 1 amide bonds. The topological polar surface area (TPSA) is 68.8 Å². The van der Waals surface area contributed by atoms with Gasteiger partial charge in [0.15, 0.2) is 5.96 Å². The fraction of sp³-hybridized carbons (Fsp3) is 0.364. The van der Waals surface area contributed by atoms with Gasteiger partial charge in [-0.1, -0.05) is 41.9 Å². The van der Waals surface area contributed by atoms with Crippen LogP contribution in [0.4, 0.5) is 5.69 Å². The van der Waals surface area contributed by atoms with E-state index < -0.39 is 0 Å². The lowest BCUT2D eigenvalue weighted by Gasteiger charge is -2.28. The van der Waals surface area contributed by atoms with Crippen LogP contribution in [0.2, 0.25) is 5.02 Å². The molecule has 1 heterocycles. The first-order valence-corrected chi connectivity index (χ1v) is 10.1. The van der Waals surface area contributed by atoms with E-state index in [0.717, 1.165) is 16.3 Å². The summed E-state index contributed by atoms with van der Waals surface area (Å²) in [6.07, 6.45) is 0.464. The predicted molar refractivity (Wildman–Crippen MR) is 135 cm³/mol. The van der Waals surface area contributed by atoms with Crippen LogP contribution in [0.3, 0.4) is 0 Å². The Bertz CT molecular complexity index is 872. The van der Waals surface area contributed by atoms with Crippen molar-refractivity contribution in [1.29, 1.82) is 0 Å². The Kier molecular flexibility index (Phi) is 9.38. The lowest BCUT2D eigenvalue weighted by molar-refractivity contribution is -0.116. The van der Waals surface area contributed by atoms with Gasteiger partial charge >= 0.3 is 0 Å². The summed E-state index contributed by atoms with van der Waals surface area (Å²) < 4.78 is 0. The van der Waals surface area contributed by atoms with Crippen LogP contribution in [0.1, 0.15) is 29.5 Å². The second-order valence-corrected chi connectivity index (χ2v) is 7.84. The van der Waals surface area contributed by atoms with Gasteiger partial charge in [-0.3, -0.25) is 9.79 Å². The van der Waals surface area contributed by atoms with Crippen molar-refractivity contribution in [3.8, 4) is 0 Å². The van der Waals surface area contributed by atoms with Gasteiger partial charge in [0.05, 0.1) is 6.04 Å². The van der Waals surface area contributed by atoms with Gasteiger partial charge in [-0.15, -0.1) is 24.0 Å². The van der Waals surface area contributed by atoms with E-state index in [1.807, 2.05) is 42.5 Å². The monoisotopic (exact) mass is 541 g/mol. The van der Waals surface area contributed by atoms with Crippen LogP contribution >= 0.6 is 35.6 Å². The largest absolute Gasteiger partial charge is 0.356 e. The molecule has 2 aromatic carbocycles. The van der Waals surface area contributed by atoms with Crippen molar-refractivity contribution in [1.82, 2.24) is 15.5 Å². The standard InChI is InChI=1S/C22H28ClN5O.HI/c1-24-22(26-14-20(28(2)3)15-8-10-17(23)11-9-15)25-13-16-12-21(29)27-19-7-5-4-6-18(16)19;/h4-11,16,20H,12-14H2,1-3H3,(H,27,29)(H2,24,25,26);1H. The third-order valence-electron chi connectivity index (χ3n) is 5.19. The van der Waals surface area contributed by atoms with Gasteiger partial charge in [-0.2, -0.15) is 0 Å². The maximum atomic E-state index is 12.0. The van der Waals surface area contributed by atoms with E-state index >= 15 is 0 Å². The molecule has 3 N–H and O–H groups in total. The zero-order valence-electron chi connectivity index (χ0n) is 17.5. The van der Waals surface area contributed by atoms with Gasteiger partial charge in [0.1, 0.15) is 0 Å². The number of nitrogens with zero attached hydrogens (tertiary/aromatic N) is 2. The number of rotatable bonds is 6. The molecule has 0 aliphatic carbocycles. The van der Waals surface area contributed by atoms with Gasteiger partial charge in [0, 0.05) is 43.2 Å². The van der Waals surface area contributed by atoms with Gasteiger partial charge in [-0.25, -0.2) is 0 Å². The van der Waals surface area contributed by atoms with E-state index in [9.17, 15) is 4.79 Å². The molecule has 0 bridgehead atoms. The molecule has 1 aliphatic rings. The summed E-state index contributed by atoms with van der Waals surface area (Å²) in [6, 6.07) is 16.0. The van der Waals surface area contributed by atoms with Crippen LogP contribution in [0.5, 0.6) is 0 Å². The molecule has 3 rings (SSSR count). The fourth-order valence-corrected chi connectivity index (χ4v) is 3.73. The number of amides is 1. The van der Waals surface area contributed by atoms with Crippen molar-refractivity contribution in [3.63, 3.8) is 0 Å². The molecule has 0 fully saturated rings. The Morgan fingerprint density at radius 1 is 1.20 bits per heavy atom. The minimum atomic E-state index is 0. The average Bonchev–Trinajstić information content (AvgIpc) is 2.71. The summed E-state index contributed by atoms with van der Waals surface area (Å²) >= 11 is 6.02. The normalized spacial score (nSPS) is 16.9. The highest BCUT2D eigenvalue weighted by Crippen LogP contribution is 2.31. The second kappa shape index (κ2) is 11.5. The molecular formula is C22H29ClIN5O. The first-order valence-electron chi connectivity index (χ1n) is 9.73. The summed E-state index contributed by atoms with van der Waals surface area (Å²) in [6.45, 7) is 1.33. The number of hydrogen-bond acceptors (Lipinski definition) is 3. The van der Waals surface area contributed by atoms with E-state index in [1.54, 1.807) is 7.05 Å². The van der Waals surface area contributed by atoms with Crippen molar-refractivity contribution in [2.24, 2.45) is 4.99 Å². The van der Waals surface area contributed by atoms with Crippen LogP contribution in [-0.2, 0) is 4.79 Å². The van der Waals surface area contributed by atoms with E-state index in [-0.39, 0.29) is 41.8 Å². The van der Waals surface area contributed by atoms with Crippen molar-refractivity contribution in [3.05, 3.63) is 64.7 Å². The summed E-state index contributed by atoms with van der Waals surface area (Å²) in [7, 11) is 5.85. The first kappa shape index (κ1) is 24.4. The highest BCUT2D eigenvalue weighted by molar-refractivity contribution is 14.0. The Labute approximate surface area is 200 Å². The van der Waals surface area contributed by atoms with Gasteiger partial charge < -0.3 is 20.9 Å². The Balaban J connectivity index is 0.00000320. The van der Waals surface area contributed by atoms with Crippen LogP contribution in [0.15, 0.2) is 53.5 Å². The van der Waals surface area contributed by atoms with Crippen molar-refractivity contribution < 1.29 is 4.79 Å². The maximum absolute atomic E-state index is 12.0. The molecule has 1 aliphatic heterocycles. The number of benzene rings is 2. The number of likely N-dealkylation sites (N-methyl/N-ethyl adjacent to an activating group) is 1. The van der Waals surface area contributed by atoms with Crippen molar-refractivity contribution in [2.75, 3.05) is 39.5 Å². The van der Waals surface area contributed by atoms with E-state index in [4.69, 9.17) is 11.6 Å². The SMILES string of the molecule is CN=C(NCC1CC(=O)Nc2ccccc21)NCC(c1ccc(Cl)cc1)N(C)C.I. The number of guanidine groups is 1. The van der Waals surface area contributed by atoms with E-state index in [0.29, 0.717) is 25.5 Å². The molecule has 0 aromatic heterocycles. The first-order chi connectivity index (χ1) is 14.0. The third-order valence-corrected chi connectivity index (χ3v) is 5.44. The molecule has 162 valence electrons. The van der Waals surface area contributed by atoms with Gasteiger partial charge in [0.2, 0.25) is 5.91 Å². The van der Waals surface area contributed by atoms with Crippen LogP contribution in [-0.4, -0.2) is 51.0 Å². The minimum Gasteiger partial charge on any atom is -0.356 e. The van der Waals surface area contributed by atoms with Crippen molar-refractivity contribution in [2.45, 2.75) is 18.4 Å². The van der Waals surface area contributed by atoms with E-state index in [1.165, 1.54) is 5.56 Å². The zero-order valence-corrected chi connectivity index (χ0v) is 20.6. The lowest BCUT2D eigenvalue weighted by Crippen LogP contribution is -2.43. The van der Waals surface area contributed by atoms with Crippen LogP contribution < -0.4 is 16.0 Å². The number of aliphatic imine (C=N–C) groups is 1. The quantitative estimate of drug-likeness (QED) is 0.295. The van der Waals surface area contributed by atoms with Crippen LogP contribution in [0.25, 0.3) is 0 Å². The highest BCUT2D eigenvalue weighted by atomic mass is 127. The maximum Gasteiger partial charge on any atom is 0.225 e. The Morgan fingerprint density at radius 3 is 2.57 bits per heavy atom. The summed E-state index contributed by atoms with van der Waals surface area (Å²) in [4.78, 5) is 18.5. The van der Waals surface area contributed by atoms with Crippen LogP contribution in [0, 0.1) is 0 Å². The molecule has 2 aromatic rings. The molecule has 8 heteroatoms. The average molecular weight is 542 g/mol. The van der Waals surface area contributed by atoms with Gasteiger partial charge in [0.25, 0.3) is 0 Å². The number of carbonyl (C=O) groups excluding carboxylic acids is 1. The molecular weight excluding hydrogens is 513 g/mol. The highest BCUT2D eigenvalue weighted by Gasteiger charge is 2.25. The zero-order chi connectivity index (χ0) is 20.8. The number of nitrogens with one attached hydrogen (secondary N) is 3. The number of fused-ring (bicyclic) bond motifs is 1. The molecule has 0 radical (unpaired) electrons. The molecule has 2 unspecified atom stereocenters. The molecule has 30 heavy (non-hydrogen) atoms. The number of anilines is 1. The number of para-hydroxylation sites is 1. The predicted octanol–water partition coefficient (Wildman–Crippen LogP) is 3.85. The lowest BCUT2D eigenvalue weighted by atomic mass is 9.90. The fourth-order valence-electron chi connectivity index (χ4n) is 3.60. The number of hydrogen-bond donors (Lipinski definition) is 3. The smallest absolute Gasteiger partial charge is 0.225 e. The Morgan fingerprint density at radius 2 is 1.90 bits per heavy atom. The molecule has 2 atom stereocenters. The number of halogens is 2. The molecule has 0 saturated heterocycles. The van der Waals surface area contributed by atoms with E-state index in [2.05, 4.69) is 46.0 Å². The number of carbonyl (C=O) groups is 1. The minimum absolute atomic E-state index is 0. The van der Waals surface area contributed by atoms with Crippen molar-refractivity contribution >= 4 is 53.1 Å². The molecule has 0 spiro atoms.